The van der Waals surface area contributed by atoms with Gasteiger partial charge in [-0.05, 0) is 58.0 Å². The molecule has 3 heteroatoms. The van der Waals surface area contributed by atoms with Crippen molar-refractivity contribution in [2.24, 2.45) is 11.7 Å². The van der Waals surface area contributed by atoms with Crippen molar-refractivity contribution in [3.8, 4) is 0 Å². The van der Waals surface area contributed by atoms with Crippen molar-refractivity contribution in [2.45, 2.75) is 63.1 Å². The number of piperidine rings is 2. The Morgan fingerprint density at radius 2 is 1.83 bits per heavy atom. The van der Waals surface area contributed by atoms with E-state index in [0.29, 0.717) is 5.54 Å². The molecule has 0 aliphatic carbocycles. The van der Waals surface area contributed by atoms with Gasteiger partial charge in [0.15, 0.2) is 0 Å². The van der Waals surface area contributed by atoms with Crippen molar-refractivity contribution in [1.82, 2.24) is 9.80 Å². The van der Waals surface area contributed by atoms with Crippen LogP contribution >= 0.6 is 0 Å². The number of nitrogens with zero attached hydrogens (tertiary/aromatic N) is 2. The number of rotatable bonds is 2. The van der Waals surface area contributed by atoms with Gasteiger partial charge in [0, 0.05) is 30.7 Å². The summed E-state index contributed by atoms with van der Waals surface area (Å²) < 4.78 is 0. The summed E-state index contributed by atoms with van der Waals surface area (Å²) >= 11 is 0. The second kappa shape index (κ2) is 4.77. The molecule has 0 saturated carbocycles. The van der Waals surface area contributed by atoms with Gasteiger partial charge in [-0.15, -0.1) is 0 Å². The number of hydrogen-bond acceptors (Lipinski definition) is 3. The third kappa shape index (κ3) is 2.00. The first-order chi connectivity index (χ1) is 8.64. The molecule has 18 heavy (non-hydrogen) atoms. The van der Waals surface area contributed by atoms with E-state index in [-0.39, 0.29) is 0 Å². The Balaban J connectivity index is 1.78. The van der Waals surface area contributed by atoms with Gasteiger partial charge in [0.2, 0.25) is 0 Å². The minimum absolute atomic E-state index is 0.326. The van der Waals surface area contributed by atoms with Gasteiger partial charge in [0.1, 0.15) is 0 Å². The summed E-state index contributed by atoms with van der Waals surface area (Å²) in [5, 5.41) is 0. The third-order valence-electron chi connectivity index (χ3n) is 5.92. The van der Waals surface area contributed by atoms with Crippen LogP contribution in [0.4, 0.5) is 0 Å². The molecule has 3 unspecified atom stereocenters. The molecule has 3 rings (SSSR count). The second-order valence-corrected chi connectivity index (χ2v) is 7.08. The maximum absolute atomic E-state index is 6.25. The molecule has 3 saturated heterocycles. The first kappa shape index (κ1) is 12.9. The molecule has 2 N–H and O–H groups in total. The summed E-state index contributed by atoms with van der Waals surface area (Å²) in [6, 6.07) is 1.59. The first-order valence-electron chi connectivity index (χ1n) is 7.82. The Kier molecular flexibility index (Phi) is 3.41. The molecule has 3 fully saturated rings. The summed E-state index contributed by atoms with van der Waals surface area (Å²) in [7, 11) is 2.32. The molecular weight excluding hydrogens is 222 g/mol. The van der Waals surface area contributed by atoms with Gasteiger partial charge in [-0.3, -0.25) is 4.90 Å². The molecule has 3 nitrogen and oxygen atoms in total. The SMILES string of the molecule is CC1CCCN(C2(CN)CC3CCC(C2)N3C)C1. The van der Waals surface area contributed by atoms with Crippen LogP contribution in [0, 0.1) is 5.92 Å². The van der Waals surface area contributed by atoms with Crippen LogP contribution < -0.4 is 5.73 Å². The Bertz CT molecular complexity index is 290. The molecule has 3 heterocycles. The maximum atomic E-state index is 6.25. The zero-order valence-corrected chi connectivity index (χ0v) is 12.1. The van der Waals surface area contributed by atoms with E-state index >= 15 is 0 Å². The van der Waals surface area contributed by atoms with Crippen molar-refractivity contribution in [3.05, 3.63) is 0 Å². The normalized spacial score (nSPS) is 46.5. The first-order valence-corrected chi connectivity index (χ1v) is 7.82. The highest BCUT2D eigenvalue weighted by molar-refractivity contribution is 5.07. The van der Waals surface area contributed by atoms with E-state index < -0.39 is 0 Å². The molecule has 0 aromatic carbocycles. The van der Waals surface area contributed by atoms with Crippen LogP contribution in [-0.4, -0.2) is 54.1 Å². The monoisotopic (exact) mass is 251 g/mol. The summed E-state index contributed by atoms with van der Waals surface area (Å²) in [6.45, 7) is 5.82. The van der Waals surface area contributed by atoms with Crippen molar-refractivity contribution in [2.75, 3.05) is 26.7 Å². The number of likely N-dealkylation sites (tertiary alicyclic amines) is 1. The lowest BCUT2D eigenvalue weighted by Gasteiger charge is -2.53. The Morgan fingerprint density at radius 1 is 1.17 bits per heavy atom. The molecule has 0 aromatic heterocycles. The van der Waals surface area contributed by atoms with Crippen molar-refractivity contribution >= 4 is 0 Å². The molecular formula is C15H29N3. The average Bonchev–Trinajstić information content (AvgIpc) is 2.62. The average molecular weight is 251 g/mol. The van der Waals surface area contributed by atoms with Gasteiger partial charge in [-0.1, -0.05) is 6.92 Å². The Morgan fingerprint density at radius 3 is 2.39 bits per heavy atom. The highest BCUT2D eigenvalue weighted by Gasteiger charge is 2.49. The molecule has 0 aromatic rings. The largest absolute Gasteiger partial charge is 0.329 e. The molecule has 3 aliphatic heterocycles. The molecule has 2 bridgehead atoms. The van der Waals surface area contributed by atoms with Crippen LogP contribution in [0.1, 0.15) is 45.4 Å². The third-order valence-corrected chi connectivity index (χ3v) is 5.92. The number of nitrogens with two attached hydrogens (primary N) is 1. The van der Waals surface area contributed by atoms with E-state index in [1.54, 1.807) is 0 Å². The van der Waals surface area contributed by atoms with Gasteiger partial charge in [0.05, 0.1) is 0 Å². The van der Waals surface area contributed by atoms with Crippen LogP contribution in [-0.2, 0) is 0 Å². The molecule has 3 aliphatic rings. The summed E-state index contributed by atoms with van der Waals surface area (Å²) in [4.78, 5) is 5.39. The highest BCUT2D eigenvalue weighted by Crippen LogP contribution is 2.43. The highest BCUT2D eigenvalue weighted by atomic mass is 15.3. The van der Waals surface area contributed by atoms with E-state index in [0.717, 1.165) is 24.5 Å². The smallest absolute Gasteiger partial charge is 0.0361 e. The lowest BCUT2D eigenvalue weighted by molar-refractivity contribution is -0.0193. The standard InChI is InChI=1S/C15H29N3/c1-12-4-3-7-18(10-12)15(11-16)8-13-5-6-14(9-15)17(13)2/h12-14H,3-11,16H2,1-2H3. The predicted octanol–water partition coefficient (Wildman–Crippen LogP) is 1.67. The van der Waals surface area contributed by atoms with E-state index in [4.69, 9.17) is 5.73 Å². The van der Waals surface area contributed by atoms with Crippen molar-refractivity contribution < 1.29 is 0 Å². The van der Waals surface area contributed by atoms with Crippen LogP contribution in [0.5, 0.6) is 0 Å². The maximum Gasteiger partial charge on any atom is 0.0361 e. The Labute approximate surface area is 112 Å². The van der Waals surface area contributed by atoms with E-state index in [9.17, 15) is 0 Å². The molecule has 0 amide bonds. The predicted molar refractivity (Wildman–Crippen MR) is 75.6 cm³/mol. The van der Waals surface area contributed by atoms with Gasteiger partial charge < -0.3 is 10.6 Å². The van der Waals surface area contributed by atoms with Gasteiger partial charge in [0.25, 0.3) is 0 Å². The Hall–Kier alpha value is -0.120. The van der Waals surface area contributed by atoms with Crippen LogP contribution in [0.25, 0.3) is 0 Å². The van der Waals surface area contributed by atoms with Gasteiger partial charge in [-0.2, -0.15) is 0 Å². The lowest BCUT2D eigenvalue weighted by atomic mass is 9.79. The van der Waals surface area contributed by atoms with Gasteiger partial charge >= 0.3 is 0 Å². The molecule has 3 atom stereocenters. The summed E-state index contributed by atoms with van der Waals surface area (Å²) in [5.74, 6) is 0.861. The lowest BCUT2D eigenvalue weighted by Crippen LogP contribution is -2.63. The van der Waals surface area contributed by atoms with E-state index in [2.05, 4.69) is 23.8 Å². The van der Waals surface area contributed by atoms with Crippen LogP contribution in [0.3, 0.4) is 0 Å². The van der Waals surface area contributed by atoms with E-state index in [1.807, 2.05) is 0 Å². The van der Waals surface area contributed by atoms with Crippen molar-refractivity contribution in [1.29, 1.82) is 0 Å². The summed E-state index contributed by atoms with van der Waals surface area (Å²) in [6.07, 6.45) is 8.18. The molecule has 104 valence electrons. The number of hydrogen-bond donors (Lipinski definition) is 1. The fourth-order valence-electron chi connectivity index (χ4n) is 4.72. The minimum atomic E-state index is 0.326. The minimum Gasteiger partial charge on any atom is -0.329 e. The quantitative estimate of drug-likeness (QED) is 0.810. The zero-order chi connectivity index (χ0) is 12.8. The number of fused-ring (bicyclic) bond motifs is 2. The molecule has 0 radical (unpaired) electrons. The van der Waals surface area contributed by atoms with Crippen molar-refractivity contribution in [3.63, 3.8) is 0 Å². The van der Waals surface area contributed by atoms with Gasteiger partial charge in [-0.25, -0.2) is 0 Å². The topological polar surface area (TPSA) is 32.5 Å². The summed E-state index contributed by atoms with van der Waals surface area (Å²) in [5.41, 5.74) is 6.58. The zero-order valence-electron chi connectivity index (χ0n) is 12.1. The van der Waals surface area contributed by atoms with Crippen LogP contribution in [0.2, 0.25) is 0 Å². The second-order valence-electron chi connectivity index (χ2n) is 7.08. The fraction of sp³-hybridized carbons (Fsp3) is 1.00. The molecule has 0 spiro atoms. The van der Waals surface area contributed by atoms with E-state index in [1.165, 1.54) is 51.6 Å². The fourth-order valence-corrected chi connectivity index (χ4v) is 4.72. The van der Waals surface area contributed by atoms with Crippen LogP contribution in [0.15, 0.2) is 0 Å².